The van der Waals surface area contributed by atoms with Crippen LogP contribution in [0.5, 0.6) is 0 Å². The topological polar surface area (TPSA) is 97.3 Å². The highest BCUT2D eigenvalue weighted by atomic mass is 32.1. The summed E-state index contributed by atoms with van der Waals surface area (Å²) in [6.07, 6.45) is 4.66. The quantitative estimate of drug-likeness (QED) is 0.596. The molecule has 0 spiro atoms. The van der Waals surface area contributed by atoms with Gasteiger partial charge in [0.1, 0.15) is 9.71 Å². The van der Waals surface area contributed by atoms with Crippen LogP contribution in [0, 0.1) is 6.92 Å². The van der Waals surface area contributed by atoms with Gasteiger partial charge in [-0.3, -0.25) is 4.79 Å². The number of benzene rings is 1. The summed E-state index contributed by atoms with van der Waals surface area (Å²) in [7, 11) is 0. The fourth-order valence-electron chi connectivity index (χ4n) is 3.74. The highest BCUT2D eigenvalue weighted by molar-refractivity contribution is 7.21. The van der Waals surface area contributed by atoms with Gasteiger partial charge in [-0.1, -0.05) is 12.1 Å². The number of fused-ring (bicyclic) bond motifs is 1. The molecule has 3 aromatic rings. The van der Waals surface area contributed by atoms with Gasteiger partial charge in [0.25, 0.3) is 5.91 Å². The van der Waals surface area contributed by atoms with Gasteiger partial charge in [0, 0.05) is 30.7 Å². The first-order valence-corrected chi connectivity index (χ1v) is 10.9. The molecule has 29 heavy (non-hydrogen) atoms. The number of carbonyl (C=O) groups is 1. The predicted molar refractivity (Wildman–Crippen MR) is 122 cm³/mol. The standard InChI is InChI=1S/C22H27N5OS/c1-14-18(23)13-17-19(24)20(29-22(17)26-14)21(28)25-10-9-15-5-7-16(8-6-15)27-11-3-2-4-12-27/h5-8,13H,2-4,9-12,23-24H2,1H3,(H,25,28). The molecule has 0 aliphatic carbocycles. The monoisotopic (exact) mass is 409 g/mol. The molecule has 4 rings (SSSR count). The van der Waals surface area contributed by atoms with Crippen molar-refractivity contribution in [2.24, 2.45) is 0 Å². The van der Waals surface area contributed by atoms with Crippen LogP contribution in [0.2, 0.25) is 0 Å². The van der Waals surface area contributed by atoms with Gasteiger partial charge in [-0.2, -0.15) is 0 Å². The molecule has 7 heteroatoms. The van der Waals surface area contributed by atoms with Gasteiger partial charge in [-0.15, -0.1) is 11.3 Å². The van der Waals surface area contributed by atoms with E-state index in [1.165, 1.54) is 41.9 Å². The summed E-state index contributed by atoms with van der Waals surface area (Å²) in [4.78, 5) is 20.7. The van der Waals surface area contributed by atoms with Crippen LogP contribution in [0.15, 0.2) is 30.3 Å². The fourth-order valence-corrected chi connectivity index (χ4v) is 4.78. The number of carbonyl (C=O) groups excluding carboxylic acids is 1. The maximum absolute atomic E-state index is 12.6. The lowest BCUT2D eigenvalue weighted by molar-refractivity contribution is 0.0959. The third-order valence-corrected chi connectivity index (χ3v) is 6.63. The Labute approximate surface area is 174 Å². The number of rotatable bonds is 5. The van der Waals surface area contributed by atoms with E-state index in [0.29, 0.717) is 22.8 Å². The molecule has 1 aliphatic heterocycles. The molecular formula is C22H27N5OS. The summed E-state index contributed by atoms with van der Waals surface area (Å²) >= 11 is 1.31. The first-order valence-electron chi connectivity index (χ1n) is 10.1. The number of pyridine rings is 1. The molecule has 1 aromatic carbocycles. The zero-order valence-corrected chi connectivity index (χ0v) is 17.5. The number of nitrogen functional groups attached to an aromatic ring is 2. The van der Waals surface area contributed by atoms with E-state index in [1.807, 2.05) is 6.92 Å². The van der Waals surface area contributed by atoms with Gasteiger partial charge in [0.05, 0.1) is 17.1 Å². The minimum absolute atomic E-state index is 0.160. The first kappa shape index (κ1) is 19.5. The maximum atomic E-state index is 12.6. The van der Waals surface area contributed by atoms with Crippen LogP contribution in [0.25, 0.3) is 10.2 Å². The molecule has 0 bridgehead atoms. The smallest absolute Gasteiger partial charge is 0.263 e. The molecule has 0 atom stereocenters. The second-order valence-electron chi connectivity index (χ2n) is 7.58. The van der Waals surface area contributed by atoms with E-state index in [-0.39, 0.29) is 5.91 Å². The molecule has 5 N–H and O–H groups in total. The first-order chi connectivity index (χ1) is 14.0. The number of piperidine rings is 1. The Morgan fingerprint density at radius 1 is 1.17 bits per heavy atom. The van der Waals surface area contributed by atoms with Crippen molar-refractivity contribution in [3.05, 3.63) is 46.5 Å². The highest BCUT2D eigenvalue weighted by Gasteiger charge is 2.18. The minimum Gasteiger partial charge on any atom is -0.397 e. The predicted octanol–water partition coefficient (Wildman–Crippen LogP) is 3.73. The van der Waals surface area contributed by atoms with E-state index in [4.69, 9.17) is 11.5 Å². The summed E-state index contributed by atoms with van der Waals surface area (Å²) < 4.78 is 0. The number of aryl methyl sites for hydroxylation is 1. The molecule has 0 radical (unpaired) electrons. The van der Waals surface area contributed by atoms with Crippen LogP contribution in [-0.2, 0) is 6.42 Å². The zero-order chi connectivity index (χ0) is 20.4. The number of hydrogen-bond acceptors (Lipinski definition) is 6. The Morgan fingerprint density at radius 2 is 1.90 bits per heavy atom. The lowest BCUT2D eigenvalue weighted by Gasteiger charge is -2.28. The second-order valence-corrected chi connectivity index (χ2v) is 8.58. The number of nitrogens with zero attached hydrogens (tertiary/aromatic N) is 2. The summed E-state index contributed by atoms with van der Waals surface area (Å²) in [6, 6.07) is 10.5. The molecule has 152 valence electrons. The van der Waals surface area contributed by atoms with Gasteiger partial charge in [0.15, 0.2) is 0 Å². The largest absolute Gasteiger partial charge is 0.397 e. The molecule has 6 nitrogen and oxygen atoms in total. The van der Waals surface area contributed by atoms with E-state index >= 15 is 0 Å². The van der Waals surface area contributed by atoms with Crippen molar-refractivity contribution in [2.75, 3.05) is 36.0 Å². The number of nitrogens with two attached hydrogens (primary N) is 2. The van der Waals surface area contributed by atoms with Crippen molar-refractivity contribution in [2.45, 2.75) is 32.6 Å². The van der Waals surface area contributed by atoms with Gasteiger partial charge < -0.3 is 21.7 Å². The van der Waals surface area contributed by atoms with E-state index in [1.54, 1.807) is 6.07 Å². The van der Waals surface area contributed by atoms with E-state index in [2.05, 4.69) is 39.5 Å². The molecule has 1 fully saturated rings. The zero-order valence-electron chi connectivity index (χ0n) is 16.7. The van der Waals surface area contributed by atoms with Crippen LogP contribution < -0.4 is 21.7 Å². The van der Waals surface area contributed by atoms with Crippen molar-refractivity contribution in [3.63, 3.8) is 0 Å². The number of thiophene rings is 1. The van der Waals surface area contributed by atoms with Gasteiger partial charge in [-0.25, -0.2) is 4.98 Å². The minimum atomic E-state index is -0.160. The number of anilines is 3. The summed E-state index contributed by atoms with van der Waals surface area (Å²) in [6.45, 7) is 4.70. The van der Waals surface area contributed by atoms with Crippen molar-refractivity contribution >= 4 is 44.5 Å². The van der Waals surface area contributed by atoms with Crippen LogP contribution in [0.4, 0.5) is 17.1 Å². The molecule has 0 saturated carbocycles. The van der Waals surface area contributed by atoms with Crippen molar-refractivity contribution in [1.82, 2.24) is 10.3 Å². The number of amides is 1. The third-order valence-electron chi connectivity index (χ3n) is 5.51. The molecule has 3 heterocycles. The normalized spacial score (nSPS) is 14.3. The maximum Gasteiger partial charge on any atom is 0.263 e. The number of hydrogen-bond donors (Lipinski definition) is 3. The molecule has 1 aliphatic rings. The average Bonchev–Trinajstić information content (AvgIpc) is 3.05. The molecule has 1 amide bonds. The van der Waals surface area contributed by atoms with Crippen molar-refractivity contribution in [3.8, 4) is 0 Å². The SMILES string of the molecule is Cc1nc2sc(C(=O)NCCc3ccc(N4CCCCC4)cc3)c(N)c2cc1N. The summed E-state index contributed by atoms with van der Waals surface area (Å²) in [5, 5.41) is 3.73. The summed E-state index contributed by atoms with van der Waals surface area (Å²) in [5.74, 6) is -0.160. The Balaban J connectivity index is 1.36. The lowest BCUT2D eigenvalue weighted by atomic mass is 10.1. The van der Waals surface area contributed by atoms with Crippen LogP contribution in [0.3, 0.4) is 0 Å². The summed E-state index contributed by atoms with van der Waals surface area (Å²) in [5.41, 5.74) is 16.4. The van der Waals surface area contributed by atoms with Crippen LogP contribution in [0.1, 0.15) is 40.2 Å². The Morgan fingerprint density at radius 3 is 2.62 bits per heavy atom. The Hall–Kier alpha value is -2.80. The average molecular weight is 410 g/mol. The van der Waals surface area contributed by atoms with Gasteiger partial charge >= 0.3 is 0 Å². The molecule has 2 aromatic heterocycles. The Bertz CT molecular complexity index is 1020. The van der Waals surface area contributed by atoms with Crippen molar-refractivity contribution < 1.29 is 4.79 Å². The number of aromatic nitrogens is 1. The van der Waals surface area contributed by atoms with Crippen molar-refractivity contribution in [1.29, 1.82) is 0 Å². The molecule has 1 saturated heterocycles. The third kappa shape index (κ3) is 4.15. The van der Waals surface area contributed by atoms with E-state index < -0.39 is 0 Å². The van der Waals surface area contributed by atoms with E-state index in [0.717, 1.165) is 35.4 Å². The van der Waals surface area contributed by atoms with Crippen LogP contribution in [-0.4, -0.2) is 30.5 Å². The van der Waals surface area contributed by atoms with Gasteiger partial charge in [-0.05, 0) is 56.4 Å². The second kappa shape index (κ2) is 8.29. The van der Waals surface area contributed by atoms with Gasteiger partial charge in [0.2, 0.25) is 0 Å². The van der Waals surface area contributed by atoms with E-state index in [9.17, 15) is 4.79 Å². The molecule has 0 unspecified atom stereocenters. The lowest BCUT2D eigenvalue weighted by Crippen LogP contribution is -2.29. The number of nitrogens with one attached hydrogen (secondary N) is 1. The van der Waals surface area contributed by atoms with Crippen LogP contribution >= 0.6 is 11.3 Å². The Kier molecular flexibility index (Phi) is 5.58. The molecular weight excluding hydrogens is 382 g/mol. The fraction of sp³-hybridized carbons (Fsp3) is 0.364. The highest BCUT2D eigenvalue weighted by Crippen LogP contribution is 2.34.